The summed E-state index contributed by atoms with van der Waals surface area (Å²) in [5.74, 6) is 0.214. The van der Waals surface area contributed by atoms with E-state index in [2.05, 4.69) is 0 Å². The zero-order valence-electron chi connectivity index (χ0n) is 21.3. The lowest BCUT2D eigenvalue weighted by atomic mass is 9.97. The van der Waals surface area contributed by atoms with E-state index in [4.69, 9.17) is 23.7 Å². The van der Waals surface area contributed by atoms with Crippen LogP contribution in [0, 0.1) is 0 Å². The summed E-state index contributed by atoms with van der Waals surface area (Å²) in [6.45, 7) is 4.61. The number of carbonyl (C=O) groups excluding carboxylic acids is 1. The summed E-state index contributed by atoms with van der Waals surface area (Å²) in [6.07, 6.45) is 0.0245. The standard InChI is InChI=1S/C31H34O6/c1-23-29(34-20-25-12-6-3-7-13-25)31(36-22-27-16-10-5-11-17-27)30(28(37-23)18-19-33-24(2)32)35-21-26-14-8-4-9-15-26/h3-18,23,29-31H,19-22H2,1-2H3/b28-18-/t23-,29+,30+,31+/m1/s1. The minimum atomic E-state index is -0.559. The van der Waals surface area contributed by atoms with Gasteiger partial charge in [0, 0.05) is 6.92 Å². The van der Waals surface area contributed by atoms with Gasteiger partial charge in [0.1, 0.15) is 36.8 Å². The molecule has 1 heterocycles. The summed E-state index contributed by atoms with van der Waals surface area (Å²) in [4.78, 5) is 11.4. The fourth-order valence-electron chi connectivity index (χ4n) is 4.24. The molecule has 0 N–H and O–H groups in total. The molecule has 0 aromatic heterocycles. The molecule has 0 unspecified atom stereocenters. The molecule has 6 nitrogen and oxygen atoms in total. The van der Waals surface area contributed by atoms with Gasteiger partial charge in [0.2, 0.25) is 0 Å². The van der Waals surface area contributed by atoms with Crippen LogP contribution in [0.4, 0.5) is 0 Å². The van der Waals surface area contributed by atoms with Crippen molar-refractivity contribution in [3.05, 3.63) is 120 Å². The second-order valence-corrected chi connectivity index (χ2v) is 8.97. The van der Waals surface area contributed by atoms with Crippen molar-refractivity contribution in [1.29, 1.82) is 0 Å². The van der Waals surface area contributed by atoms with Crippen molar-refractivity contribution < 1.29 is 28.5 Å². The number of esters is 1. The average molecular weight is 503 g/mol. The number of rotatable bonds is 11. The van der Waals surface area contributed by atoms with Crippen LogP contribution in [0.2, 0.25) is 0 Å². The first-order valence-corrected chi connectivity index (χ1v) is 12.6. The first-order chi connectivity index (χ1) is 18.1. The van der Waals surface area contributed by atoms with Gasteiger partial charge in [0.25, 0.3) is 0 Å². The highest BCUT2D eigenvalue weighted by molar-refractivity contribution is 5.66. The van der Waals surface area contributed by atoms with E-state index in [0.29, 0.717) is 25.6 Å². The molecule has 0 saturated carbocycles. The molecule has 6 heteroatoms. The van der Waals surface area contributed by atoms with Crippen LogP contribution in [0.25, 0.3) is 0 Å². The van der Waals surface area contributed by atoms with Crippen LogP contribution in [-0.2, 0) is 48.3 Å². The van der Waals surface area contributed by atoms with Crippen LogP contribution >= 0.6 is 0 Å². The number of hydrogen-bond donors (Lipinski definition) is 0. The maximum absolute atomic E-state index is 11.4. The Bertz CT molecular complexity index is 1120. The molecule has 0 bridgehead atoms. The monoisotopic (exact) mass is 502 g/mol. The van der Waals surface area contributed by atoms with Crippen molar-refractivity contribution in [2.45, 2.75) is 58.1 Å². The predicted octanol–water partition coefficient (Wildman–Crippen LogP) is 5.61. The molecule has 4 rings (SSSR count). The van der Waals surface area contributed by atoms with Crippen LogP contribution in [-0.4, -0.2) is 37.0 Å². The Morgan fingerprint density at radius 1 is 0.730 bits per heavy atom. The molecule has 4 atom stereocenters. The third-order valence-corrected chi connectivity index (χ3v) is 6.10. The smallest absolute Gasteiger partial charge is 0.302 e. The van der Waals surface area contributed by atoms with Crippen molar-refractivity contribution >= 4 is 5.97 Å². The van der Waals surface area contributed by atoms with E-state index in [1.54, 1.807) is 6.08 Å². The predicted molar refractivity (Wildman–Crippen MR) is 140 cm³/mol. The van der Waals surface area contributed by atoms with Crippen molar-refractivity contribution in [1.82, 2.24) is 0 Å². The molecular formula is C31H34O6. The van der Waals surface area contributed by atoms with Crippen molar-refractivity contribution in [3.8, 4) is 0 Å². The van der Waals surface area contributed by atoms with E-state index in [-0.39, 0.29) is 18.7 Å². The molecule has 1 aliphatic heterocycles. The molecule has 0 spiro atoms. The summed E-state index contributed by atoms with van der Waals surface area (Å²) in [5.41, 5.74) is 3.15. The van der Waals surface area contributed by atoms with Crippen LogP contribution in [0.1, 0.15) is 30.5 Å². The average Bonchev–Trinajstić information content (AvgIpc) is 2.92. The molecule has 3 aromatic rings. The first-order valence-electron chi connectivity index (χ1n) is 12.6. The normalized spacial score (nSPS) is 22.4. The van der Waals surface area contributed by atoms with E-state index in [0.717, 1.165) is 16.7 Å². The molecule has 194 valence electrons. The second-order valence-electron chi connectivity index (χ2n) is 8.97. The van der Waals surface area contributed by atoms with Gasteiger partial charge in [0.05, 0.1) is 19.8 Å². The van der Waals surface area contributed by atoms with Gasteiger partial charge in [-0.25, -0.2) is 0 Å². The Balaban J connectivity index is 1.59. The zero-order chi connectivity index (χ0) is 25.9. The molecule has 3 aromatic carbocycles. The summed E-state index contributed by atoms with van der Waals surface area (Å²) >= 11 is 0. The first kappa shape index (κ1) is 26.6. The van der Waals surface area contributed by atoms with Gasteiger partial charge >= 0.3 is 5.97 Å². The largest absolute Gasteiger partial charge is 0.490 e. The van der Waals surface area contributed by atoms with E-state index in [1.165, 1.54) is 6.92 Å². The molecule has 1 saturated heterocycles. The third kappa shape index (κ3) is 8.02. The summed E-state index contributed by atoms with van der Waals surface area (Å²) in [7, 11) is 0. The lowest BCUT2D eigenvalue weighted by molar-refractivity contribution is -0.211. The lowest BCUT2D eigenvalue weighted by Crippen LogP contribution is -2.54. The quantitative estimate of drug-likeness (QED) is 0.318. The van der Waals surface area contributed by atoms with Gasteiger partial charge in [-0.15, -0.1) is 0 Å². The van der Waals surface area contributed by atoms with Gasteiger partial charge in [0.15, 0.2) is 0 Å². The molecular weight excluding hydrogens is 468 g/mol. The summed E-state index contributed by atoms with van der Waals surface area (Å²) in [5, 5.41) is 0. The SMILES string of the molecule is CC(=O)OC/C=C1\O[C@H](C)[C@H](OCc2ccccc2)[C@H](OCc2ccccc2)[C@H]1OCc1ccccc1. The molecule has 37 heavy (non-hydrogen) atoms. The van der Waals surface area contributed by atoms with Crippen molar-refractivity contribution in [3.63, 3.8) is 0 Å². The maximum atomic E-state index is 11.4. The van der Waals surface area contributed by atoms with E-state index in [1.807, 2.05) is 97.9 Å². The maximum Gasteiger partial charge on any atom is 0.302 e. The molecule has 0 radical (unpaired) electrons. The number of benzene rings is 3. The Hall–Kier alpha value is -3.45. The van der Waals surface area contributed by atoms with Crippen LogP contribution < -0.4 is 0 Å². The topological polar surface area (TPSA) is 63.2 Å². The van der Waals surface area contributed by atoms with Gasteiger partial charge in [-0.2, -0.15) is 0 Å². The lowest BCUT2D eigenvalue weighted by Gasteiger charge is -2.42. The fourth-order valence-corrected chi connectivity index (χ4v) is 4.24. The summed E-state index contributed by atoms with van der Waals surface area (Å²) in [6, 6.07) is 30.0. The van der Waals surface area contributed by atoms with E-state index in [9.17, 15) is 4.79 Å². The Morgan fingerprint density at radius 2 is 1.19 bits per heavy atom. The van der Waals surface area contributed by atoms with Gasteiger partial charge in [-0.05, 0) is 29.7 Å². The second kappa shape index (κ2) is 13.7. The Morgan fingerprint density at radius 3 is 1.68 bits per heavy atom. The fraction of sp³-hybridized carbons (Fsp3) is 0.323. The Kier molecular flexibility index (Phi) is 9.89. The van der Waals surface area contributed by atoms with Gasteiger partial charge < -0.3 is 23.7 Å². The number of hydrogen-bond acceptors (Lipinski definition) is 6. The highest BCUT2D eigenvalue weighted by Gasteiger charge is 2.44. The van der Waals surface area contributed by atoms with Crippen LogP contribution in [0.5, 0.6) is 0 Å². The Labute approximate surface area is 218 Å². The molecule has 0 aliphatic carbocycles. The number of ether oxygens (including phenoxy) is 5. The van der Waals surface area contributed by atoms with Crippen molar-refractivity contribution in [2.75, 3.05) is 6.61 Å². The third-order valence-electron chi connectivity index (χ3n) is 6.10. The zero-order valence-corrected chi connectivity index (χ0v) is 21.3. The molecule has 0 amide bonds. The molecule has 1 aliphatic rings. The summed E-state index contributed by atoms with van der Waals surface area (Å²) < 4.78 is 30.8. The molecule has 1 fully saturated rings. The van der Waals surface area contributed by atoms with Gasteiger partial charge in [-0.1, -0.05) is 91.0 Å². The highest BCUT2D eigenvalue weighted by atomic mass is 16.6. The van der Waals surface area contributed by atoms with Crippen LogP contribution in [0.15, 0.2) is 103 Å². The number of carbonyl (C=O) groups is 1. The van der Waals surface area contributed by atoms with E-state index < -0.39 is 18.3 Å². The van der Waals surface area contributed by atoms with E-state index >= 15 is 0 Å². The minimum Gasteiger partial charge on any atom is -0.490 e. The van der Waals surface area contributed by atoms with Crippen molar-refractivity contribution in [2.24, 2.45) is 0 Å². The van der Waals surface area contributed by atoms with Gasteiger partial charge in [-0.3, -0.25) is 4.79 Å². The van der Waals surface area contributed by atoms with Crippen LogP contribution in [0.3, 0.4) is 0 Å². The minimum absolute atomic E-state index is 0.0868. The highest BCUT2D eigenvalue weighted by Crippen LogP contribution is 2.32.